The van der Waals surface area contributed by atoms with E-state index in [0.717, 1.165) is 5.35 Å². The van der Waals surface area contributed by atoms with Crippen molar-refractivity contribution in [1.82, 2.24) is 4.98 Å². The van der Waals surface area contributed by atoms with Crippen LogP contribution in [-0.2, 0) is 0 Å². The van der Waals surface area contributed by atoms with Gasteiger partial charge in [-0.1, -0.05) is 18.2 Å². The van der Waals surface area contributed by atoms with Crippen molar-refractivity contribution in [2.24, 2.45) is 0 Å². The van der Waals surface area contributed by atoms with Crippen LogP contribution in [0.15, 0.2) is 18.3 Å². The van der Waals surface area contributed by atoms with E-state index in [0.29, 0.717) is 0 Å². The van der Waals surface area contributed by atoms with Gasteiger partial charge in [0.1, 0.15) is 0 Å². The van der Waals surface area contributed by atoms with Crippen molar-refractivity contribution in [3.05, 3.63) is 28.9 Å². The van der Waals surface area contributed by atoms with Crippen LogP contribution in [-0.4, -0.2) is 4.98 Å². The van der Waals surface area contributed by atoms with Gasteiger partial charge in [0.2, 0.25) is 0 Å². The van der Waals surface area contributed by atoms with E-state index in [1.807, 2.05) is 12.3 Å². The fourth-order valence-corrected chi connectivity index (χ4v) is 1.39. The van der Waals surface area contributed by atoms with E-state index in [9.17, 15) is 0 Å². The lowest BCUT2D eigenvalue weighted by molar-refractivity contribution is 0.924. The van der Waals surface area contributed by atoms with Gasteiger partial charge in [0.25, 0.3) is 0 Å². The van der Waals surface area contributed by atoms with E-state index in [1.54, 1.807) is 0 Å². The number of rotatable bonds is 0. The summed E-state index contributed by atoms with van der Waals surface area (Å²) in [5.74, 6) is 0. The van der Waals surface area contributed by atoms with Crippen molar-refractivity contribution in [3.8, 4) is 0 Å². The molecule has 0 amide bonds. The fourth-order valence-electron chi connectivity index (χ4n) is 1.39. The van der Waals surface area contributed by atoms with E-state index in [-0.39, 0.29) is 0 Å². The molecule has 0 atom stereocenters. The van der Waals surface area contributed by atoms with Crippen LogP contribution in [0.2, 0.25) is 0 Å². The first-order valence-electron chi connectivity index (χ1n) is 4.08. The van der Waals surface area contributed by atoms with Gasteiger partial charge in [-0.15, -0.1) is 0 Å². The summed E-state index contributed by atoms with van der Waals surface area (Å²) in [6.07, 6.45) is 9.96. The standard InChI is InChI=1S/C10H11N/c1-2-5-9-6-4-8-11-10(9)7-3-1/h4-8H,1-3H2. The number of hydrogen-bond donors (Lipinski definition) is 0. The second kappa shape index (κ2) is 2.87. The minimum Gasteiger partial charge on any atom is -0.257 e. The van der Waals surface area contributed by atoms with Gasteiger partial charge in [-0.3, -0.25) is 4.98 Å². The van der Waals surface area contributed by atoms with Gasteiger partial charge >= 0.3 is 0 Å². The minimum atomic E-state index is 1.16. The highest BCUT2D eigenvalue weighted by Gasteiger charge is 1.90. The molecule has 0 saturated carbocycles. The van der Waals surface area contributed by atoms with Crippen LogP contribution >= 0.6 is 0 Å². The van der Waals surface area contributed by atoms with Crippen LogP contribution in [0.4, 0.5) is 0 Å². The van der Waals surface area contributed by atoms with Crippen molar-refractivity contribution in [3.63, 3.8) is 0 Å². The molecule has 0 unspecified atom stereocenters. The fraction of sp³-hybridized carbons (Fsp3) is 0.300. The zero-order valence-corrected chi connectivity index (χ0v) is 6.46. The maximum atomic E-state index is 4.29. The van der Waals surface area contributed by atoms with Crippen molar-refractivity contribution in [1.29, 1.82) is 0 Å². The number of nitrogens with zero attached hydrogens (tertiary/aromatic N) is 1. The van der Waals surface area contributed by atoms with Crippen LogP contribution < -0.4 is 10.6 Å². The average molecular weight is 145 g/mol. The molecule has 56 valence electrons. The molecule has 0 N–H and O–H groups in total. The molecule has 0 bridgehead atoms. The van der Waals surface area contributed by atoms with E-state index in [1.165, 1.54) is 24.5 Å². The van der Waals surface area contributed by atoms with Crippen molar-refractivity contribution < 1.29 is 0 Å². The summed E-state index contributed by atoms with van der Waals surface area (Å²) in [5.41, 5.74) is 0. The van der Waals surface area contributed by atoms with Gasteiger partial charge in [0.05, 0.1) is 5.35 Å². The Kier molecular flexibility index (Phi) is 1.72. The molecule has 1 aromatic heterocycles. The van der Waals surface area contributed by atoms with Gasteiger partial charge < -0.3 is 0 Å². The van der Waals surface area contributed by atoms with Crippen LogP contribution in [0.5, 0.6) is 0 Å². The lowest BCUT2D eigenvalue weighted by Crippen LogP contribution is -2.26. The molecule has 1 heteroatoms. The van der Waals surface area contributed by atoms with Crippen LogP contribution in [0.3, 0.4) is 0 Å². The van der Waals surface area contributed by atoms with Crippen LogP contribution in [0.1, 0.15) is 19.3 Å². The van der Waals surface area contributed by atoms with Gasteiger partial charge in [-0.25, -0.2) is 0 Å². The Morgan fingerprint density at radius 3 is 3.09 bits per heavy atom. The largest absolute Gasteiger partial charge is 0.257 e. The molecule has 0 spiro atoms. The van der Waals surface area contributed by atoms with Crippen LogP contribution in [0.25, 0.3) is 12.2 Å². The van der Waals surface area contributed by atoms with Crippen molar-refractivity contribution in [2.45, 2.75) is 19.3 Å². The highest BCUT2D eigenvalue weighted by molar-refractivity contribution is 5.31. The van der Waals surface area contributed by atoms with Gasteiger partial charge in [0.15, 0.2) is 0 Å². The van der Waals surface area contributed by atoms with Gasteiger partial charge in [-0.05, 0) is 30.5 Å². The lowest BCUT2D eigenvalue weighted by Gasteiger charge is -1.84. The summed E-state index contributed by atoms with van der Waals surface area (Å²) in [6, 6.07) is 4.12. The summed E-state index contributed by atoms with van der Waals surface area (Å²) < 4.78 is 0. The Bertz CT molecular complexity index is 316. The summed E-state index contributed by atoms with van der Waals surface area (Å²) in [4.78, 5) is 4.29. The Morgan fingerprint density at radius 2 is 2.09 bits per heavy atom. The average Bonchev–Trinajstić information content (AvgIpc) is 2.28. The van der Waals surface area contributed by atoms with E-state index >= 15 is 0 Å². The summed E-state index contributed by atoms with van der Waals surface area (Å²) >= 11 is 0. The molecule has 1 nitrogen and oxygen atoms in total. The van der Waals surface area contributed by atoms with Crippen molar-refractivity contribution in [2.75, 3.05) is 0 Å². The van der Waals surface area contributed by atoms with Gasteiger partial charge in [-0.2, -0.15) is 0 Å². The summed E-state index contributed by atoms with van der Waals surface area (Å²) in [6.45, 7) is 0. The molecular formula is C10H11N. The Labute approximate surface area is 66.1 Å². The van der Waals surface area contributed by atoms with E-state index < -0.39 is 0 Å². The summed E-state index contributed by atoms with van der Waals surface area (Å²) in [7, 11) is 0. The molecule has 1 aliphatic rings. The zero-order valence-electron chi connectivity index (χ0n) is 6.46. The molecular weight excluding hydrogens is 134 g/mol. The topological polar surface area (TPSA) is 12.9 Å². The Morgan fingerprint density at radius 1 is 1.18 bits per heavy atom. The smallest absolute Gasteiger partial charge is 0.0658 e. The third kappa shape index (κ3) is 1.32. The predicted octanol–water partition coefficient (Wildman–Crippen LogP) is 0.827. The highest BCUT2D eigenvalue weighted by Crippen LogP contribution is 1.98. The maximum Gasteiger partial charge on any atom is 0.0658 e. The molecule has 0 radical (unpaired) electrons. The second-order valence-electron chi connectivity index (χ2n) is 2.82. The normalized spacial score (nSPS) is 15.6. The molecule has 11 heavy (non-hydrogen) atoms. The number of pyridine rings is 1. The first kappa shape index (κ1) is 6.59. The number of fused-ring (bicyclic) bond motifs is 1. The maximum absolute atomic E-state index is 4.29. The zero-order chi connectivity index (χ0) is 7.52. The Balaban J connectivity index is 2.73. The van der Waals surface area contributed by atoms with Crippen molar-refractivity contribution >= 4 is 12.2 Å². The molecule has 1 aromatic rings. The number of hydrogen-bond acceptors (Lipinski definition) is 1. The molecule has 0 aliphatic heterocycles. The van der Waals surface area contributed by atoms with E-state index in [4.69, 9.17) is 0 Å². The highest BCUT2D eigenvalue weighted by atomic mass is 14.6. The quantitative estimate of drug-likeness (QED) is 0.527. The monoisotopic (exact) mass is 145 g/mol. The SMILES string of the molecule is C1=c2cccnc2=CCCC1. The Hall–Kier alpha value is -1.11. The first-order valence-corrected chi connectivity index (χ1v) is 4.08. The second-order valence-corrected chi connectivity index (χ2v) is 2.82. The molecule has 0 aromatic carbocycles. The third-order valence-electron chi connectivity index (χ3n) is 1.98. The first-order chi connectivity index (χ1) is 5.47. The molecule has 1 aliphatic carbocycles. The molecule has 0 saturated heterocycles. The predicted molar refractivity (Wildman–Crippen MR) is 46.3 cm³/mol. The molecule has 1 heterocycles. The number of aromatic nitrogens is 1. The molecule has 0 fully saturated rings. The third-order valence-corrected chi connectivity index (χ3v) is 1.98. The van der Waals surface area contributed by atoms with E-state index in [2.05, 4.69) is 23.2 Å². The minimum absolute atomic E-state index is 1.16. The lowest BCUT2D eigenvalue weighted by atomic mass is 10.2. The van der Waals surface area contributed by atoms with Gasteiger partial charge in [0, 0.05) is 6.20 Å². The molecule has 2 rings (SSSR count). The van der Waals surface area contributed by atoms with Crippen LogP contribution in [0, 0.1) is 0 Å². The summed E-state index contributed by atoms with van der Waals surface area (Å²) in [5, 5.41) is 2.45.